The number of rotatable bonds is 15. The molecule has 1 aromatic rings. The highest BCUT2D eigenvalue weighted by Crippen LogP contribution is 2.16. The van der Waals surface area contributed by atoms with Crippen molar-refractivity contribution in [1.29, 1.82) is 0 Å². The van der Waals surface area contributed by atoms with Gasteiger partial charge in [0.25, 0.3) is 0 Å². The van der Waals surface area contributed by atoms with Gasteiger partial charge in [0.1, 0.15) is 0 Å². The van der Waals surface area contributed by atoms with E-state index in [0.29, 0.717) is 0 Å². The monoisotopic (exact) mass is 374 g/mol. The van der Waals surface area contributed by atoms with Gasteiger partial charge in [-0.25, -0.2) is 0 Å². The first-order chi connectivity index (χ1) is 12.5. The largest absolute Gasteiger partial charge is 0.0776 e. The molecule has 0 saturated heterocycles. The summed E-state index contributed by atoms with van der Waals surface area (Å²) in [6.07, 6.45) is 19.3. The molecule has 0 atom stereocenters. The van der Waals surface area contributed by atoms with Crippen LogP contribution >= 0.6 is 0 Å². The van der Waals surface area contributed by atoms with Gasteiger partial charge >= 0.3 is 0 Å². The van der Waals surface area contributed by atoms with Crippen molar-refractivity contribution in [1.82, 2.24) is 0 Å². The number of benzene rings is 1. The third-order valence-electron chi connectivity index (χ3n) is 5.56. The molecular formula is C25H46Si. The van der Waals surface area contributed by atoms with Crippen LogP contribution in [0.1, 0.15) is 102 Å². The fraction of sp³-hybridized carbons (Fsp3) is 0.760. The second-order valence-corrected chi connectivity index (χ2v) is 14.4. The van der Waals surface area contributed by atoms with Gasteiger partial charge in [-0.3, -0.25) is 0 Å². The molecule has 0 bridgehead atoms. The van der Waals surface area contributed by atoms with Gasteiger partial charge in [-0.1, -0.05) is 121 Å². The summed E-state index contributed by atoms with van der Waals surface area (Å²) in [5.41, 5.74) is 3.22. The van der Waals surface area contributed by atoms with Gasteiger partial charge in [-0.2, -0.15) is 0 Å². The van der Waals surface area contributed by atoms with Crippen LogP contribution in [0.4, 0.5) is 0 Å². The zero-order chi connectivity index (χ0) is 19.3. The number of aryl methyl sites for hydroxylation is 2. The molecule has 0 aromatic heterocycles. The molecule has 0 heterocycles. The summed E-state index contributed by atoms with van der Waals surface area (Å²) in [5, 5.41) is 1.67. The van der Waals surface area contributed by atoms with E-state index in [1.807, 2.05) is 0 Å². The van der Waals surface area contributed by atoms with Gasteiger partial charge in [0, 0.05) is 0 Å². The Morgan fingerprint density at radius 2 is 0.923 bits per heavy atom. The van der Waals surface area contributed by atoms with Gasteiger partial charge in [-0.15, -0.1) is 0 Å². The SMILES string of the molecule is CCCCCCCCc1cc(CCCCCCCC)cc([Si](C)(C)C)c1. The minimum Gasteiger partial charge on any atom is -0.0656 e. The van der Waals surface area contributed by atoms with Crippen molar-refractivity contribution in [3.8, 4) is 0 Å². The highest BCUT2D eigenvalue weighted by molar-refractivity contribution is 6.88. The molecule has 0 fully saturated rings. The van der Waals surface area contributed by atoms with E-state index in [0.717, 1.165) is 0 Å². The normalized spacial score (nSPS) is 11.9. The van der Waals surface area contributed by atoms with E-state index in [4.69, 9.17) is 0 Å². The van der Waals surface area contributed by atoms with Gasteiger partial charge in [0.05, 0.1) is 8.07 Å². The fourth-order valence-electron chi connectivity index (χ4n) is 3.70. The van der Waals surface area contributed by atoms with E-state index in [-0.39, 0.29) is 0 Å². The minimum atomic E-state index is -1.23. The molecule has 0 spiro atoms. The zero-order valence-corrected chi connectivity index (χ0v) is 19.6. The van der Waals surface area contributed by atoms with E-state index in [2.05, 4.69) is 51.7 Å². The Bertz CT molecular complexity index is 435. The molecule has 0 nitrogen and oxygen atoms in total. The van der Waals surface area contributed by atoms with Crippen LogP contribution in [0.3, 0.4) is 0 Å². The van der Waals surface area contributed by atoms with Crippen LogP contribution in [-0.4, -0.2) is 8.07 Å². The predicted molar refractivity (Wildman–Crippen MR) is 124 cm³/mol. The van der Waals surface area contributed by atoms with Gasteiger partial charge in [-0.05, 0) is 36.8 Å². The molecule has 0 radical (unpaired) electrons. The Morgan fingerprint density at radius 3 is 1.31 bits per heavy atom. The highest BCUT2D eigenvalue weighted by Gasteiger charge is 2.17. The molecule has 1 rings (SSSR count). The molecule has 1 aromatic carbocycles. The summed E-state index contributed by atoms with van der Waals surface area (Å²) in [4.78, 5) is 0. The molecule has 0 amide bonds. The van der Waals surface area contributed by atoms with E-state index < -0.39 is 8.07 Å². The predicted octanol–water partition coefficient (Wildman–Crippen LogP) is 8.04. The van der Waals surface area contributed by atoms with Gasteiger partial charge < -0.3 is 0 Å². The molecule has 26 heavy (non-hydrogen) atoms. The molecule has 0 aliphatic heterocycles. The van der Waals surface area contributed by atoms with Crippen molar-refractivity contribution in [3.63, 3.8) is 0 Å². The average Bonchev–Trinajstić information content (AvgIpc) is 2.60. The Hall–Kier alpha value is -0.563. The summed E-state index contributed by atoms with van der Waals surface area (Å²) in [7, 11) is -1.23. The minimum absolute atomic E-state index is 1.23. The molecule has 0 unspecified atom stereocenters. The van der Waals surface area contributed by atoms with Crippen molar-refractivity contribution in [2.45, 2.75) is 123 Å². The Kier molecular flexibility index (Phi) is 12.3. The maximum absolute atomic E-state index is 2.54. The van der Waals surface area contributed by atoms with Crippen LogP contribution in [0.2, 0.25) is 19.6 Å². The van der Waals surface area contributed by atoms with E-state index in [1.165, 1.54) is 89.9 Å². The molecule has 0 aliphatic carbocycles. The number of hydrogen-bond donors (Lipinski definition) is 0. The van der Waals surface area contributed by atoms with Gasteiger partial charge in [0.15, 0.2) is 0 Å². The van der Waals surface area contributed by atoms with Crippen LogP contribution in [0.15, 0.2) is 18.2 Å². The molecule has 150 valence electrons. The molecule has 0 N–H and O–H groups in total. The molecule has 0 aliphatic rings. The van der Waals surface area contributed by atoms with E-state index in [1.54, 1.807) is 16.3 Å². The van der Waals surface area contributed by atoms with Gasteiger partial charge in [0.2, 0.25) is 0 Å². The highest BCUT2D eigenvalue weighted by atomic mass is 28.3. The topological polar surface area (TPSA) is 0 Å². The standard InChI is InChI=1S/C25H46Si/c1-6-8-10-12-14-16-18-23-20-24(19-17-15-13-11-9-7-2)22-25(21-23)26(3,4)5/h20-22H,6-19H2,1-5H3. The lowest BCUT2D eigenvalue weighted by atomic mass is 10.00. The second-order valence-electron chi connectivity index (χ2n) is 9.32. The lowest BCUT2D eigenvalue weighted by Gasteiger charge is -2.20. The van der Waals surface area contributed by atoms with Crippen molar-refractivity contribution in [2.24, 2.45) is 0 Å². The summed E-state index contributed by atoms with van der Waals surface area (Å²) < 4.78 is 0. The maximum atomic E-state index is 2.54. The quantitative estimate of drug-likeness (QED) is 0.215. The number of hydrogen-bond acceptors (Lipinski definition) is 0. The van der Waals surface area contributed by atoms with Crippen molar-refractivity contribution in [2.75, 3.05) is 0 Å². The first-order valence-corrected chi connectivity index (χ1v) is 15.1. The molecular weight excluding hydrogens is 328 g/mol. The van der Waals surface area contributed by atoms with Crippen LogP contribution in [0.5, 0.6) is 0 Å². The van der Waals surface area contributed by atoms with Crippen molar-refractivity contribution < 1.29 is 0 Å². The second kappa shape index (κ2) is 13.6. The van der Waals surface area contributed by atoms with Crippen LogP contribution in [0, 0.1) is 0 Å². The van der Waals surface area contributed by atoms with Crippen molar-refractivity contribution >= 4 is 13.3 Å². The Morgan fingerprint density at radius 1 is 0.538 bits per heavy atom. The van der Waals surface area contributed by atoms with Crippen LogP contribution in [0.25, 0.3) is 0 Å². The fourth-order valence-corrected chi connectivity index (χ4v) is 4.94. The maximum Gasteiger partial charge on any atom is 0.0776 e. The smallest absolute Gasteiger partial charge is 0.0656 e. The third kappa shape index (κ3) is 10.6. The molecule has 1 heteroatoms. The average molecular weight is 375 g/mol. The Balaban J connectivity index is 2.54. The molecule has 0 saturated carbocycles. The van der Waals surface area contributed by atoms with E-state index in [9.17, 15) is 0 Å². The van der Waals surface area contributed by atoms with Crippen LogP contribution < -0.4 is 5.19 Å². The summed E-state index contributed by atoms with van der Waals surface area (Å²) in [6.45, 7) is 12.1. The van der Waals surface area contributed by atoms with Crippen molar-refractivity contribution in [3.05, 3.63) is 29.3 Å². The first-order valence-electron chi connectivity index (χ1n) is 11.6. The summed E-state index contributed by atoms with van der Waals surface area (Å²) in [6, 6.07) is 7.62. The lowest BCUT2D eigenvalue weighted by molar-refractivity contribution is 0.605. The van der Waals surface area contributed by atoms with Crippen LogP contribution in [-0.2, 0) is 12.8 Å². The Labute approximate surface area is 166 Å². The third-order valence-corrected chi connectivity index (χ3v) is 7.58. The zero-order valence-electron chi connectivity index (χ0n) is 18.6. The lowest BCUT2D eigenvalue weighted by Crippen LogP contribution is -2.38. The first kappa shape index (κ1) is 23.5. The summed E-state index contributed by atoms with van der Waals surface area (Å²) in [5.74, 6) is 0. The number of unbranched alkanes of at least 4 members (excludes halogenated alkanes) is 10. The summed E-state index contributed by atoms with van der Waals surface area (Å²) >= 11 is 0. The van der Waals surface area contributed by atoms with E-state index >= 15 is 0 Å².